The van der Waals surface area contributed by atoms with Crippen molar-refractivity contribution in [3.8, 4) is 10.4 Å². The van der Waals surface area contributed by atoms with Crippen molar-refractivity contribution in [1.82, 2.24) is 15.2 Å². The number of thiazole rings is 1. The van der Waals surface area contributed by atoms with Crippen LogP contribution in [0.1, 0.15) is 72.6 Å². The van der Waals surface area contributed by atoms with Crippen LogP contribution < -0.4 is 5.32 Å². The first-order valence-electron chi connectivity index (χ1n) is 11.5. The van der Waals surface area contributed by atoms with Gasteiger partial charge in [-0.1, -0.05) is 52.0 Å². The molecule has 0 spiro atoms. The van der Waals surface area contributed by atoms with E-state index in [2.05, 4.69) is 10.3 Å². The maximum absolute atomic E-state index is 12.6. The van der Waals surface area contributed by atoms with Crippen LogP contribution in [0, 0.1) is 6.92 Å². The Morgan fingerprint density at radius 1 is 1.16 bits per heavy atom. The zero-order chi connectivity index (χ0) is 24.3. The number of carbonyl (C=O) groups is 2. The Kier molecular flexibility index (Phi) is 11.4. The Hall–Kier alpha value is -2.41. The molecule has 2 amide bonds. The molecule has 1 atom stereocenters. The largest absolute Gasteiger partial charge is 0.444 e. The molecule has 0 bridgehead atoms. The van der Waals surface area contributed by atoms with Gasteiger partial charge >= 0.3 is 6.09 Å². The third-order valence-electron chi connectivity index (χ3n) is 4.61. The standard InChI is InChI=1S/C21H27N3O3S.2C2H6/c1-14-18(28-13-23-14)16-9-7-15(8-10-16)12-22-19(25)17-6-5-11-24(17)20(26)27-21(2,3)4;2*1-2/h7-10,13,17H,5-6,11-12H2,1-4H3,(H,22,25);2*1-2H3. The zero-order valence-electron chi connectivity index (χ0n) is 20.8. The summed E-state index contributed by atoms with van der Waals surface area (Å²) < 4.78 is 5.43. The summed E-state index contributed by atoms with van der Waals surface area (Å²) in [5.74, 6) is -0.134. The van der Waals surface area contributed by atoms with Crippen molar-refractivity contribution in [1.29, 1.82) is 0 Å². The number of nitrogens with zero attached hydrogens (tertiary/aromatic N) is 2. The maximum Gasteiger partial charge on any atom is 0.410 e. The number of hydrogen-bond acceptors (Lipinski definition) is 5. The Morgan fingerprint density at radius 3 is 2.31 bits per heavy atom. The molecule has 0 aliphatic carbocycles. The van der Waals surface area contributed by atoms with Crippen LogP contribution >= 0.6 is 11.3 Å². The van der Waals surface area contributed by atoms with E-state index >= 15 is 0 Å². The molecular formula is C25H39N3O3S. The van der Waals surface area contributed by atoms with Crippen molar-refractivity contribution in [2.24, 2.45) is 0 Å². The molecule has 7 heteroatoms. The summed E-state index contributed by atoms with van der Waals surface area (Å²) in [6.45, 7) is 16.5. The Labute approximate surface area is 197 Å². The van der Waals surface area contributed by atoms with Crippen molar-refractivity contribution >= 4 is 23.3 Å². The lowest BCUT2D eigenvalue weighted by molar-refractivity contribution is -0.125. The lowest BCUT2D eigenvalue weighted by atomic mass is 10.1. The molecule has 3 rings (SSSR count). The van der Waals surface area contributed by atoms with Gasteiger partial charge in [0.1, 0.15) is 11.6 Å². The number of benzene rings is 1. The van der Waals surface area contributed by atoms with Crippen LogP contribution in [0.2, 0.25) is 0 Å². The highest BCUT2D eigenvalue weighted by Crippen LogP contribution is 2.27. The van der Waals surface area contributed by atoms with Crippen molar-refractivity contribution in [2.75, 3.05) is 6.54 Å². The maximum atomic E-state index is 12.6. The molecule has 32 heavy (non-hydrogen) atoms. The quantitative estimate of drug-likeness (QED) is 0.589. The van der Waals surface area contributed by atoms with E-state index in [1.807, 2.05) is 85.2 Å². The van der Waals surface area contributed by atoms with Gasteiger partial charge in [0.25, 0.3) is 0 Å². The fourth-order valence-electron chi connectivity index (χ4n) is 3.24. The molecule has 1 aliphatic rings. The zero-order valence-corrected chi connectivity index (χ0v) is 21.6. The fraction of sp³-hybridized carbons (Fsp3) is 0.560. The van der Waals surface area contributed by atoms with E-state index in [0.29, 0.717) is 19.5 Å². The molecule has 0 saturated carbocycles. The normalized spacial score (nSPS) is 15.1. The van der Waals surface area contributed by atoms with Gasteiger partial charge in [0, 0.05) is 13.1 Å². The molecule has 2 aromatic rings. The topological polar surface area (TPSA) is 71.5 Å². The minimum Gasteiger partial charge on any atom is -0.444 e. The van der Waals surface area contributed by atoms with E-state index in [1.165, 1.54) is 4.90 Å². The van der Waals surface area contributed by atoms with Gasteiger partial charge in [0.15, 0.2) is 0 Å². The predicted octanol–water partition coefficient (Wildman–Crippen LogP) is 6.19. The number of hydrogen-bond donors (Lipinski definition) is 1. The molecular weight excluding hydrogens is 422 g/mol. The number of rotatable bonds is 4. The van der Waals surface area contributed by atoms with Crippen molar-refractivity contribution in [2.45, 2.75) is 86.4 Å². The second-order valence-electron chi connectivity index (χ2n) is 8.01. The molecule has 1 aromatic heterocycles. The first-order chi connectivity index (χ1) is 15.2. The van der Waals surface area contributed by atoms with Crippen LogP contribution in [0.5, 0.6) is 0 Å². The number of carbonyl (C=O) groups excluding carboxylic acids is 2. The molecule has 0 radical (unpaired) electrons. The monoisotopic (exact) mass is 461 g/mol. The van der Waals surface area contributed by atoms with Crippen LogP contribution in [0.15, 0.2) is 29.8 Å². The molecule has 1 fully saturated rings. The molecule has 1 aliphatic heterocycles. The van der Waals surface area contributed by atoms with E-state index < -0.39 is 17.7 Å². The average molecular weight is 462 g/mol. The number of ether oxygens (including phenoxy) is 1. The van der Waals surface area contributed by atoms with Gasteiger partial charge in [-0.3, -0.25) is 9.69 Å². The Morgan fingerprint density at radius 2 is 1.78 bits per heavy atom. The first-order valence-corrected chi connectivity index (χ1v) is 12.4. The van der Waals surface area contributed by atoms with Crippen molar-refractivity contribution in [3.05, 3.63) is 41.0 Å². The summed E-state index contributed by atoms with van der Waals surface area (Å²) >= 11 is 1.62. The minimum atomic E-state index is -0.571. The summed E-state index contributed by atoms with van der Waals surface area (Å²) in [6.07, 6.45) is 1.05. The minimum absolute atomic E-state index is 0.134. The lowest BCUT2D eigenvalue weighted by Crippen LogP contribution is -2.47. The highest BCUT2D eigenvalue weighted by Gasteiger charge is 2.36. The van der Waals surface area contributed by atoms with Crippen LogP contribution in [0.25, 0.3) is 10.4 Å². The van der Waals surface area contributed by atoms with Gasteiger partial charge < -0.3 is 10.1 Å². The van der Waals surface area contributed by atoms with E-state index in [-0.39, 0.29) is 5.91 Å². The fourth-order valence-corrected chi connectivity index (χ4v) is 4.05. The van der Waals surface area contributed by atoms with E-state index in [0.717, 1.165) is 28.1 Å². The first kappa shape index (κ1) is 27.6. The van der Waals surface area contributed by atoms with Gasteiger partial charge in [0.2, 0.25) is 5.91 Å². The summed E-state index contributed by atoms with van der Waals surface area (Å²) in [5, 5.41) is 2.96. The third-order valence-corrected chi connectivity index (χ3v) is 5.59. The van der Waals surface area contributed by atoms with E-state index in [1.54, 1.807) is 11.3 Å². The van der Waals surface area contributed by atoms with Gasteiger partial charge in [-0.05, 0) is 51.7 Å². The van der Waals surface area contributed by atoms with Crippen LogP contribution in [0.3, 0.4) is 0 Å². The van der Waals surface area contributed by atoms with Gasteiger partial charge in [-0.25, -0.2) is 9.78 Å². The second kappa shape index (κ2) is 13.2. The Balaban J connectivity index is 0.00000121. The van der Waals surface area contributed by atoms with Crippen LogP contribution in [-0.4, -0.2) is 40.1 Å². The molecule has 1 saturated heterocycles. The highest BCUT2D eigenvalue weighted by atomic mass is 32.1. The smallest absolute Gasteiger partial charge is 0.410 e. The molecule has 6 nitrogen and oxygen atoms in total. The predicted molar refractivity (Wildman–Crippen MR) is 133 cm³/mol. The van der Waals surface area contributed by atoms with Gasteiger partial charge in [0.05, 0.1) is 16.1 Å². The number of likely N-dealkylation sites (tertiary alicyclic amines) is 1. The number of aryl methyl sites for hydroxylation is 1. The molecule has 1 aromatic carbocycles. The summed E-state index contributed by atoms with van der Waals surface area (Å²) in [6, 6.07) is 7.65. The SMILES string of the molecule is CC.CC.Cc1ncsc1-c1ccc(CNC(=O)C2CCCN2C(=O)OC(C)(C)C)cc1. The van der Waals surface area contributed by atoms with Gasteiger partial charge in [-0.15, -0.1) is 11.3 Å². The number of aromatic nitrogens is 1. The average Bonchev–Trinajstić information content (AvgIpc) is 3.43. The second-order valence-corrected chi connectivity index (χ2v) is 8.87. The van der Waals surface area contributed by atoms with Crippen LogP contribution in [0.4, 0.5) is 4.79 Å². The molecule has 2 heterocycles. The third kappa shape index (κ3) is 7.93. The van der Waals surface area contributed by atoms with Gasteiger partial charge in [-0.2, -0.15) is 0 Å². The van der Waals surface area contributed by atoms with Crippen molar-refractivity contribution in [3.63, 3.8) is 0 Å². The van der Waals surface area contributed by atoms with E-state index in [9.17, 15) is 9.59 Å². The molecule has 178 valence electrons. The van der Waals surface area contributed by atoms with E-state index in [4.69, 9.17) is 4.74 Å². The summed E-state index contributed by atoms with van der Waals surface area (Å²) in [5.41, 5.74) is 4.44. The van der Waals surface area contributed by atoms with Crippen LogP contribution in [-0.2, 0) is 16.1 Å². The molecule has 1 unspecified atom stereocenters. The summed E-state index contributed by atoms with van der Waals surface area (Å²) in [7, 11) is 0. The number of amides is 2. The highest BCUT2D eigenvalue weighted by molar-refractivity contribution is 7.13. The Bertz CT molecular complexity index is 841. The number of nitrogens with one attached hydrogen (secondary N) is 1. The molecule has 1 N–H and O–H groups in total. The summed E-state index contributed by atoms with van der Waals surface area (Å²) in [4.78, 5) is 32.0. The lowest BCUT2D eigenvalue weighted by Gasteiger charge is -2.28. The van der Waals surface area contributed by atoms with Crippen molar-refractivity contribution < 1.29 is 14.3 Å².